The van der Waals surface area contributed by atoms with Crippen molar-refractivity contribution in [3.63, 3.8) is 0 Å². The third-order valence-corrected chi connectivity index (χ3v) is 6.11. The topological polar surface area (TPSA) is 70.8 Å². The predicted octanol–water partition coefficient (Wildman–Crippen LogP) is 5.18. The van der Waals surface area contributed by atoms with Gasteiger partial charge in [0.25, 0.3) is 5.78 Å². The maximum absolute atomic E-state index is 5.64. The van der Waals surface area contributed by atoms with E-state index in [9.17, 15) is 0 Å². The number of hydrogen-bond donors (Lipinski definition) is 0. The molecule has 0 aliphatic carbocycles. The normalized spacial score (nSPS) is 11.0. The monoisotopic (exact) mass is 500 g/mol. The molecule has 31 heavy (non-hydrogen) atoms. The summed E-state index contributed by atoms with van der Waals surface area (Å²) in [5.74, 6) is 3.15. The average molecular weight is 501 g/mol. The van der Waals surface area contributed by atoms with Gasteiger partial charge in [0.05, 0.1) is 32.6 Å². The summed E-state index contributed by atoms with van der Waals surface area (Å²) in [6, 6.07) is 13.8. The van der Waals surface area contributed by atoms with Crippen LogP contribution in [0.2, 0.25) is 0 Å². The van der Waals surface area contributed by atoms with Crippen molar-refractivity contribution in [2.75, 3.05) is 21.3 Å². The first-order valence-electron chi connectivity index (χ1n) is 9.44. The van der Waals surface area contributed by atoms with E-state index in [1.54, 1.807) is 37.6 Å². The lowest BCUT2D eigenvalue weighted by molar-refractivity contribution is 0.377. The van der Waals surface area contributed by atoms with Gasteiger partial charge in [-0.15, -0.1) is 5.10 Å². The first kappa shape index (κ1) is 21.5. The van der Waals surface area contributed by atoms with E-state index in [-0.39, 0.29) is 0 Å². The molecular weight excluding hydrogens is 480 g/mol. The molecule has 2 heterocycles. The summed E-state index contributed by atoms with van der Waals surface area (Å²) < 4.78 is 19.4. The van der Waals surface area contributed by atoms with Gasteiger partial charge in [-0.25, -0.2) is 4.98 Å². The molecule has 9 heteroatoms. The van der Waals surface area contributed by atoms with Crippen LogP contribution in [-0.2, 0) is 5.75 Å². The van der Waals surface area contributed by atoms with Crippen molar-refractivity contribution in [1.29, 1.82) is 0 Å². The van der Waals surface area contributed by atoms with Gasteiger partial charge in [-0.3, -0.25) is 0 Å². The van der Waals surface area contributed by atoms with Gasteiger partial charge in [0.2, 0.25) is 5.16 Å². The van der Waals surface area contributed by atoms with Gasteiger partial charge in [0, 0.05) is 28.1 Å². The highest BCUT2D eigenvalue weighted by Gasteiger charge is 2.20. The van der Waals surface area contributed by atoms with Crippen molar-refractivity contribution in [2.45, 2.75) is 17.8 Å². The lowest BCUT2D eigenvalue weighted by atomic mass is 10.1. The minimum absolute atomic E-state index is 0.522. The molecule has 0 fully saturated rings. The van der Waals surface area contributed by atoms with Crippen LogP contribution in [0.15, 0.2) is 52.1 Å². The van der Waals surface area contributed by atoms with Crippen molar-refractivity contribution in [3.8, 4) is 28.5 Å². The van der Waals surface area contributed by atoms with Gasteiger partial charge in [-0.1, -0.05) is 39.8 Å². The number of fused-ring (bicyclic) bond motifs is 1. The molecule has 0 atom stereocenters. The molecule has 0 aliphatic rings. The summed E-state index contributed by atoms with van der Waals surface area (Å²) in [7, 11) is 4.84. The number of rotatable bonds is 7. The number of aromatic nitrogens is 4. The highest BCUT2D eigenvalue weighted by molar-refractivity contribution is 9.10. The van der Waals surface area contributed by atoms with Crippen molar-refractivity contribution in [3.05, 3.63) is 58.2 Å². The first-order chi connectivity index (χ1) is 15.0. The van der Waals surface area contributed by atoms with E-state index < -0.39 is 0 Å². The zero-order valence-corrected chi connectivity index (χ0v) is 20.0. The Bertz CT molecular complexity index is 1200. The van der Waals surface area contributed by atoms with Gasteiger partial charge in [-0.2, -0.15) is 9.50 Å². The minimum atomic E-state index is 0.522. The summed E-state index contributed by atoms with van der Waals surface area (Å²) in [6.07, 6.45) is 0. The molecule has 0 aliphatic heterocycles. The summed E-state index contributed by atoms with van der Waals surface area (Å²) in [6.45, 7) is 1.93. The van der Waals surface area contributed by atoms with Crippen LogP contribution in [0.3, 0.4) is 0 Å². The van der Waals surface area contributed by atoms with Crippen LogP contribution >= 0.6 is 27.7 Å². The van der Waals surface area contributed by atoms with Crippen LogP contribution < -0.4 is 14.2 Å². The molecule has 0 spiro atoms. The molecule has 2 aromatic carbocycles. The largest absolute Gasteiger partial charge is 0.496 e. The molecule has 0 radical (unpaired) electrons. The van der Waals surface area contributed by atoms with E-state index in [4.69, 9.17) is 19.3 Å². The summed E-state index contributed by atoms with van der Waals surface area (Å²) in [5, 5.41) is 5.36. The van der Waals surface area contributed by atoms with Crippen LogP contribution in [0.5, 0.6) is 17.2 Å². The minimum Gasteiger partial charge on any atom is -0.496 e. The van der Waals surface area contributed by atoms with E-state index in [1.807, 2.05) is 37.3 Å². The fourth-order valence-electron chi connectivity index (χ4n) is 3.19. The van der Waals surface area contributed by atoms with Crippen molar-refractivity contribution >= 4 is 33.5 Å². The maximum atomic E-state index is 5.64. The highest BCUT2D eigenvalue weighted by Crippen LogP contribution is 2.42. The van der Waals surface area contributed by atoms with E-state index in [2.05, 4.69) is 38.0 Å². The molecule has 4 rings (SSSR count). The Labute approximate surface area is 192 Å². The van der Waals surface area contributed by atoms with Crippen LogP contribution in [0, 0.1) is 6.92 Å². The lowest BCUT2D eigenvalue weighted by Gasteiger charge is -2.16. The average Bonchev–Trinajstić information content (AvgIpc) is 3.19. The summed E-state index contributed by atoms with van der Waals surface area (Å²) in [4.78, 5) is 9.18. The van der Waals surface area contributed by atoms with E-state index in [0.29, 0.717) is 28.2 Å². The molecule has 0 N–H and O–H groups in total. The smallest absolute Gasteiger partial charge is 0.253 e. The SMILES string of the molecule is COc1cc(OC)c(-c2cc(C)nc3nc(SCc4ccc(Br)cc4)nn23)c(OC)c1. The summed E-state index contributed by atoms with van der Waals surface area (Å²) >= 11 is 5.02. The molecular formula is C22H21BrN4O3S. The third kappa shape index (κ3) is 4.47. The molecule has 0 saturated carbocycles. The Morgan fingerprint density at radius 2 is 1.61 bits per heavy atom. The van der Waals surface area contributed by atoms with Gasteiger partial charge >= 0.3 is 0 Å². The maximum Gasteiger partial charge on any atom is 0.253 e. The second-order valence-corrected chi connectivity index (χ2v) is 8.57. The molecule has 0 saturated heterocycles. The number of halogens is 1. The number of benzene rings is 2. The number of aryl methyl sites for hydroxylation is 1. The Kier molecular flexibility index (Phi) is 6.33. The lowest BCUT2D eigenvalue weighted by Crippen LogP contribution is -2.02. The fraction of sp³-hybridized carbons (Fsp3) is 0.227. The molecule has 0 amide bonds. The third-order valence-electron chi connectivity index (χ3n) is 4.67. The van der Waals surface area contributed by atoms with E-state index >= 15 is 0 Å². The Hall–Kier alpha value is -2.78. The number of nitrogens with zero attached hydrogens (tertiary/aromatic N) is 4. The highest BCUT2D eigenvalue weighted by atomic mass is 79.9. The van der Waals surface area contributed by atoms with Gasteiger partial charge in [0.1, 0.15) is 17.2 Å². The Morgan fingerprint density at radius 3 is 2.23 bits per heavy atom. The molecule has 4 aromatic rings. The van der Waals surface area contributed by atoms with Crippen LogP contribution in [0.25, 0.3) is 17.0 Å². The van der Waals surface area contributed by atoms with Crippen molar-refractivity contribution in [2.24, 2.45) is 0 Å². The number of ether oxygens (including phenoxy) is 3. The Balaban J connectivity index is 1.78. The second-order valence-electron chi connectivity index (χ2n) is 6.71. The fourth-order valence-corrected chi connectivity index (χ4v) is 4.23. The predicted molar refractivity (Wildman–Crippen MR) is 124 cm³/mol. The zero-order valence-electron chi connectivity index (χ0n) is 17.5. The van der Waals surface area contributed by atoms with Gasteiger partial charge in [0.15, 0.2) is 0 Å². The number of methoxy groups -OCH3 is 3. The van der Waals surface area contributed by atoms with E-state index in [0.717, 1.165) is 27.2 Å². The number of hydrogen-bond acceptors (Lipinski definition) is 7. The number of thioether (sulfide) groups is 1. The van der Waals surface area contributed by atoms with Crippen LogP contribution in [0.4, 0.5) is 0 Å². The molecule has 0 bridgehead atoms. The van der Waals surface area contributed by atoms with Crippen molar-refractivity contribution in [1.82, 2.24) is 19.6 Å². The molecule has 160 valence electrons. The zero-order chi connectivity index (χ0) is 22.0. The quantitative estimate of drug-likeness (QED) is 0.323. The molecule has 7 nitrogen and oxygen atoms in total. The van der Waals surface area contributed by atoms with Gasteiger partial charge < -0.3 is 14.2 Å². The van der Waals surface area contributed by atoms with Gasteiger partial charge in [-0.05, 0) is 30.7 Å². The Morgan fingerprint density at radius 1 is 0.935 bits per heavy atom. The van der Waals surface area contributed by atoms with Crippen LogP contribution in [-0.4, -0.2) is 40.9 Å². The first-order valence-corrected chi connectivity index (χ1v) is 11.2. The summed E-state index contributed by atoms with van der Waals surface area (Å²) in [5.41, 5.74) is 3.55. The standard InChI is InChI=1S/C22H21BrN4O3S/c1-13-9-17(20-18(29-3)10-16(28-2)11-19(20)30-4)27-21(24-13)25-22(26-27)31-12-14-5-7-15(23)8-6-14/h5-11H,12H2,1-4H3. The molecule has 0 unspecified atom stereocenters. The van der Waals surface area contributed by atoms with Crippen LogP contribution in [0.1, 0.15) is 11.3 Å². The molecule has 2 aromatic heterocycles. The second kappa shape index (κ2) is 9.15. The van der Waals surface area contributed by atoms with Crippen molar-refractivity contribution < 1.29 is 14.2 Å². The van der Waals surface area contributed by atoms with E-state index in [1.165, 1.54) is 5.56 Å².